The van der Waals surface area contributed by atoms with Gasteiger partial charge in [0.05, 0.1) is 5.54 Å². The Morgan fingerprint density at radius 2 is 2.11 bits per heavy atom. The molecule has 1 N–H and O–H groups in total. The number of nitrogens with zero attached hydrogens (tertiary/aromatic N) is 4. The number of thiazole rings is 1. The van der Waals surface area contributed by atoms with Gasteiger partial charge in [-0.05, 0) is 76.1 Å². The van der Waals surface area contributed by atoms with Crippen molar-refractivity contribution in [1.29, 1.82) is 5.26 Å². The van der Waals surface area contributed by atoms with Gasteiger partial charge in [0.25, 0.3) is 5.56 Å². The molecule has 0 amide bonds. The summed E-state index contributed by atoms with van der Waals surface area (Å²) in [6.07, 6.45) is 9.83. The lowest BCUT2D eigenvalue weighted by Crippen LogP contribution is -2.42. The van der Waals surface area contributed by atoms with Gasteiger partial charge in [0.1, 0.15) is 27.4 Å². The highest BCUT2D eigenvalue weighted by atomic mass is 32.1. The van der Waals surface area contributed by atoms with E-state index < -0.39 is 0 Å². The van der Waals surface area contributed by atoms with Crippen molar-refractivity contribution in [2.24, 2.45) is 16.8 Å². The van der Waals surface area contributed by atoms with Crippen molar-refractivity contribution in [3.63, 3.8) is 0 Å². The van der Waals surface area contributed by atoms with Crippen LogP contribution in [0.25, 0.3) is 11.8 Å². The molecule has 1 aliphatic carbocycles. The van der Waals surface area contributed by atoms with Gasteiger partial charge in [0.15, 0.2) is 0 Å². The predicted molar refractivity (Wildman–Crippen MR) is 155 cm³/mol. The predicted octanol–water partition coefficient (Wildman–Crippen LogP) is 3.72. The zero-order chi connectivity index (χ0) is 26.7. The number of hydrogen-bond acceptors (Lipinski definition) is 7. The van der Waals surface area contributed by atoms with E-state index in [1.54, 1.807) is 10.8 Å². The molecule has 0 bridgehead atoms. The summed E-state index contributed by atoms with van der Waals surface area (Å²) in [5.41, 5.74) is 2.08. The minimum absolute atomic E-state index is 0.118. The van der Waals surface area contributed by atoms with Gasteiger partial charge in [-0.1, -0.05) is 31.4 Å². The molecular weight excluding hydrogens is 494 g/mol. The highest BCUT2D eigenvalue weighted by Crippen LogP contribution is 2.36. The molecule has 0 spiro atoms. The van der Waals surface area contributed by atoms with E-state index in [-0.39, 0.29) is 11.1 Å². The second-order valence-corrected chi connectivity index (χ2v) is 12.5. The Morgan fingerprint density at radius 1 is 1.29 bits per heavy atom. The van der Waals surface area contributed by atoms with E-state index >= 15 is 0 Å². The molecular formula is C30H39N5O2S. The number of aromatic nitrogens is 1. The van der Waals surface area contributed by atoms with Gasteiger partial charge in [-0.25, -0.2) is 4.99 Å². The van der Waals surface area contributed by atoms with Crippen molar-refractivity contribution in [2.75, 3.05) is 31.6 Å². The maximum Gasteiger partial charge on any atom is 0.270 e. The molecule has 202 valence electrons. The SMILES string of the molecule is CCn1c(=O)c(=CNc2cccc(CCN3CC[C@H]4CCCC[C@@H]4C3)c2)s/c1=C(/C#N)C1=NC(C)(C)CO1. The monoisotopic (exact) mass is 533 g/mol. The molecule has 3 aliphatic rings. The summed E-state index contributed by atoms with van der Waals surface area (Å²) in [5, 5.41) is 13.2. The molecule has 1 saturated carbocycles. The highest BCUT2D eigenvalue weighted by molar-refractivity contribution is 7.07. The Kier molecular flexibility index (Phi) is 8.06. The zero-order valence-corrected chi connectivity index (χ0v) is 23.6. The lowest BCUT2D eigenvalue weighted by molar-refractivity contribution is 0.0878. The van der Waals surface area contributed by atoms with Gasteiger partial charge >= 0.3 is 0 Å². The maximum atomic E-state index is 13.1. The number of ether oxygens (including phenoxy) is 1. The third-order valence-electron chi connectivity index (χ3n) is 8.12. The van der Waals surface area contributed by atoms with Crippen LogP contribution in [0, 0.1) is 23.2 Å². The molecule has 38 heavy (non-hydrogen) atoms. The van der Waals surface area contributed by atoms with E-state index in [1.165, 1.54) is 62.1 Å². The fourth-order valence-corrected chi connectivity index (χ4v) is 7.11. The third kappa shape index (κ3) is 5.89. The topological polar surface area (TPSA) is 82.7 Å². The molecule has 1 saturated heterocycles. The van der Waals surface area contributed by atoms with Gasteiger partial charge < -0.3 is 15.0 Å². The molecule has 2 aliphatic heterocycles. The Hall–Kier alpha value is -2.89. The van der Waals surface area contributed by atoms with Crippen LogP contribution >= 0.6 is 11.3 Å². The smallest absolute Gasteiger partial charge is 0.270 e. The van der Waals surface area contributed by atoms with Gasteiger partial charge in [-0.15, -0.1) is 11.3 Å². The average Bonchev–Trinajstić information content (AvgIpc) is 3.44. The number of likely N-dealkylation sites (tertiary alicyclic amines) is 1. The van der Waals surface area contributed by atoms with Crippen molar-refractivity contribution in [1.82, 2.24) is 9.47 Å². The van der Waals surface area contributed by atoms with Crippen LogP contribution in [-0.4, -0.2) is 47.1 Å². The van der Waals surface area contributed by atoms with Crippen molar-refractivity contribution < 1.29 is 4.74 Å². The van der Waals surface area contributed by atoms with Crippen LogP contribution in [0.2, 0.25) is 0 Å². The minimum atomic E-state index is -0.375. The van der Waals surface area contributed by atoms with E-state index in [1.807, 2.05) is 26.8 Å². The lowest BCUT2D eigenvalue weighted by atomic mass is 9.75. The van der Waals surface area contributed by atoms with Crippen LogP contribution in [0.1, 0.15) is 58.4 Å². The first kappa shape index (κ1) is 26.7. The van der Waals surface area contributed by atoms with Crippen molar-refractivity contribution in [3.05, 3.63) is 49.4 Å². The molecule has 1 aromatic carbocycles. The van der Waals surface area contributed by atoms with E-state index in [0.717, 1.165) is 30.5 Å². The van der Waals surface area contributed by atoms with Gasteiger partial charge in [0, 0.05) is 31.5 Å². The number of hydrogen-bond donors (Lipinski definition) is 1. The van der Waals surface area contributed by atoms with Gasteiger partial charge in [0.2, 0.25) is 5.90 Å². The largest absolute Gasteiger partial charge is 0.474 e. The normalized spacial score (nSPS) is 24.3. The van der Waals surface area contributed by atoms with Crippen LogP contribution < -0.4 is 20.1 Å². The van der Waals surface area contributed by atoms with Crippen LogP contribution in [0.15, 0.2) is 34.1 Å². The summed E-state index contributed by atoms with van der Waals surface area (Å²) in [6, 6.07) is 10.7. The van der Waals surface area contributed by atoms with Crippen molar-refractivity contribution in [2.45, 2.75) is 71.4 Å². The Morgan fingerprint density at radius 3 is 2.84 bits per heavy atom. The van der Waals surface area contributed by atoms with Crippen molar-refractivity contribution in [3.8, 4) is 6.07 Å². The highest BCUT2D eigenvalue weighted by Gasteiger charge is 2.31. The first-order valence-corrected chi connectivity index (χ1v) is 14.8. The van der Waals surface area contributed by atoms with Gasteiger partial charge in [-0.2, -0.15) is 5.26 Å². The molecule has 1 aromatic heterocycles. The van der Waals surface area contributed by atoms with E-state index in [4.69, 9.17) is 4.74 Å². The first-order chi connectivity index (χ1) is 18.4. The van der Waals surface area contributed by atoms with Crippen LogP contribution in [0.5, 0.6) is 0 Å². The minimum Gasteiger partial charge on any atom is -0.474 e. The number of nitriles is 1. The van der Waals surface area contributed by atoms with Crippen LogP contribution in [-0.2, 0) is 17.7 Å². The number of aliphatic imine (C=N–C) groups is 1. The summed E-state index contributed by atoms with van der Waals surface area (Å²) in [5.74, 6) is 2.19. The maximum absolute atomic E-state index is 13.1. The molecule has 7 nitrogen and oxygen atoms in total. The molecule has 8 heteroatoms. The molecule has 0 unspecified atom stereocenters. The van der Waals surface area contributed by atoms with E-state index in [2.05, 4.69) is 39.5 Å². The van der Waals surface area contributed by atoms with Crippen LogP contribution in [0.4, 0.5) is 5.69 Å². The number of rotatable bonds is 7. The number of piperidine rings is 1. The number of nitrogens with one attached hydrogen (secondary N) is 1. The Bertz CT molecular complexity index is 1410. The second-order valence-electron chi connectivity index (χ2n) is 11.5. The quantitative estimate of drug-likeness (QED) is 0.587. The number of benzene rings is 1. The number of fused-ring (bicyclic) bond motifs is 1. The zero-order valence-electron chi connectivity index (χ0n) is 22.8. The summed E-state index contributed by atoms with van der Waals surface area (Å²) < 4.78 is 8.47. The van der Waals surface area contributed by atoms with Crippen molar-refractivity contribution >= 4 is 34.7 Å². The number of anilines is 1. The fraction of sp³-hybridized carbons (Fsp3) is 0.567. The molecule has 2 aromatic rings. The molecule has 5 rings (SSSR count). The summed E-state index contributed by atoms with van der Waals surface area (Å²) in [6.45, 7) is 10.3. The Balaban J connectivity index is 1.31. The standard InChI is InChI=1S/C30H39N5O2S/c1-4-35-28(36)26(38-29(35)25(17-31)27-33-30(2,3)20-37-27)18-32-24-11-7-8-21(16-24)12-14-34-15-13-22-9-5-6-10-23(22)19-34/h7-8,11,16,18,22-23,32H,4-6,9-10,12-15,19-20H2,1-3H3/b26-18?,29-25-/t22-,23-/m1/s1. The summed E-state index contributed by atoms with van der Waals surface area (Å²) in [4.78, 5) is 20.4. The fourth-order valence-electron chi connectivity index (χ4n) is 6.02. The van der Waals surface area contributed by atoms with Gasteiger partial charge in [-0.3, -0.25) is 9.36 Å². The molecule has 0 radical (unpaired) electrons. The lowest BCUT2D eigenvalue weighted by Gasteiger charge is -2.41. The molecule has 2 fully saturated rings. The molecule has 2 atom stereocenters. The van der Waals surface area contributed by atoms with E-state index in [9.17, 15) is 10.1 Å². The Labute approximate surface area is 229 Å². The second kappa shape index (κ2) is 11.5. The first-order valence-electron chi connectivity index (χ1n) is 14.0. The average molecular weight is 534 g/mol. The molecule has 3 heterocycles. The van der Waals surface area contributed by atoms with Crippen LogP contribution in [0.3, 0.4) is 0 Å². The van der Waals surface area contributed by atoms with E-state index in [0.29, 0.717) is 33.8 Å². The third-order valence-corrected chi connectivity index (χ3v) is 9.25. The summed E-state index contributed by atoms with van der Waals surface area (Å²) in [7, 11) is 0. The summed E-state index contributed by atoms with van der Waals surface area (Å²) >= 11 is 1.30.